The van der Waals surface area contributed by atoms with Crippen molar-refractivity contribution in [3.05, 3.63) is 40.8 Å². The summed E-state index contributed by atoms with van der Waals surface area (Å²) in [6.07, 6.45) is 1.55. The molecule has 1 aromatic carbocycles. The summed E-state index contributed by atoms with van der Waals surface area (Å²) in [7, 11) is 3.23. The van der Waals surface area contributed by atoms with E-state index in [0.29, 0.717) is 11.5 Å². The van der Waals surface area contributed by atoms with Crippen molar-refractivity contribution in [3.8, 4) is 11.5 Å². The monoisotopic (exact) mass is 315 g/mol. The van der Waals surface area contributed by atoms with Crippen molar-refractivity contribution < 1.29 is 9.47 Å². The van der Waals surface area contributed by atoms with Gasteiger partial charge < -0.3 is 14.8 Å². The van der Waals surface area contributed by atoms with E-state index in [2.05, 4.69) is 33.7 Å². The molecule has 0 spiro atoms. The zero-order valence-electron chi connectivity index (χ0n) is 12.7. The van der Waals surface area contributed by atoms with Crippen LogP contribution in [0.4, 0.5) is 5.82 Å². The normalized spacial score (nSPS) is 12.1. The molecule has 3 rings (SSSR count). The molecule has 0 fully saturated rings. The van der Waals surface area contributed by atoms with Crippen LogP contribution in [0.2, 0.25) is 0 Å². The van der Waals surface area contributed by atoms with Gasteiger partial charge in [0.2, 0.25) is 0 Å². The molecule has 1 unspecified atom stereocenters. The van der Waals surface area contributed by atoms with E-state index in [9.17, 15) is 0 Å². The van der Waals surface area contributed by atoms with Crippen LogP contribution in [0.25, 0.3) is 10.9 Å². The van der Waals surface area contributed by atoms with Crippen LogP contribution in [-0.2, 0) is 0 Å². The predicted octanol–water partition coefficient (Wildman–Crippen LogP) is 3.88. The van der Waals surface area contributed by atoms with E-state index in [1.165, 1.54) is 4.88 Å². The molecule has 0 saturated carbocycles. The van der Waals surface area contributed by atoms with E-state index in [1.54, 1.807) is 31.9 Å². The summed E-state index contributed by atoms with van der Waals surface area (Å²) in [6, 6.07) is 8.08. The molecule has 2 aromatic heterocycles. The highest BCUT2D eigenvalue weighted by atomic mass is 32.1. The number of aromatic nitrogens is 2. The SMILES string of the molecule is COc1cc2ncnc(NC(C)c3cccs3)c2cc1OC. The lowest BCUT2D eigenvalue weighted by Crippen LogP contribution is -2.07. The fourth-order valence-corrected chi connectivity index (χ4v) is 3.05. The number of anilines is 1. The van der Waals surface area contributed by atoms with Crippen LogP contribution in [0.5, 0.6) is 11.5 Å². The number of thiophene rings is 1. The van der Waals surface area contributed by atoms with Gasteiger partial charge in [-0.05, 0) is 24.4 Å². The Morgan fingerprint density at radius 1 is 1.14 bits per heavy atom. The zero-order valence-corrected chi connectivity index (χ0v) is 13.5. The van der Waals surface area contributed by atoms with Gasteiger partial charge in [-0.2, -0.15) is 0 Å². The standard InChI is InChI=1S/C16H17N3O2S/c1-10(15-5-4-6-22-15)19-16-11-7-13(20-2)14(21-3)8-12(11)17-9-18-16/h4-10H,1-3H3,(H,17,18,19). The molecular formula is C16H17N3O2S. The average molecular weight is 315 g/mol. The third-order valence-electron chi connectivity index (χ3n) is 3.46. The molecule has 0 radical (unpaired) electrons. The van der Waals surface area contributed by atoms with E-state index < -0.39 is 0 Å². The number of nitrogens with one attached hydrogen (secondary N) is 1. The number of methoxy groups -OCH3 is 2. The van der Waals surface area contributed by atoms with Crippen molar-refractivity contribution in [3.63, 3.8) is 0 Å². The smallest absolute Gasteiger partial charge is 0.162 e. The highest BCUT2D eigenvalue weighted by Crippen LogP contribution is 2.34. The first kappa shape index (κ1) is 14.6. The van der Waals surface area contributed by atoms with E-state index in [1.807, 2.05) is 18.2 Å². The summed E-state index contributed by atoms with van der Waals surface area (Å²) in [4.78, 5) is 9.94. The van der Waals surface area contributed by atoms with Gasteiger partial charge in [-0.25, -0.2) is 9.97 Å². The summed E-state index contributed by atoms with van der Waals surface area (Å²) in [6.45, 7) is 2.11. The van der Waals surface area contributed by atoms with Gasteiger partial charge >= 0.3 is 0 Å². The Hall–Kier alpha value is -2.34. The summed E-state index contributed by atoms with van der Waals surface area (Å²) >= 11 is 1.72. The minimum Gasteiger partial charge on any atom is -0.493 e. The largest absolute Gasteiger partial charge is 0.493 e. The van der Waals surface area contributed by atoms with Crippen molar-refractivity contribution in [2.75, 3.05) is 19.5 Å². The second-order valence-corrected chi connectivity index (χ2v) is 5.81. The van der Waals surface area contributed by atoms with E-state index >= 15 is 0 Å². The first-order chi connectivity index (χ1) is 10.7. The van der Waals surface area contributed by atoms with Gasteiger partial charge in [0, 0.05) is 16.3 Å². The fraction of sp³-hybridized carbons (Fsp3) is 0.250. The molecule has 22 heavy (non-hydrogen) atoms. The van der Waals surface area contributed by atoms with Crippen LogP contribution in [0, 0.1) is 0 Å². The van der Waals surface area contributed by atoms with Gasteiger partial charge in [-0.1, -0.05) is 6.07 Å². The summed E-state index contributed by atoms with van der Waals surface area (Å²) in [5, 5.41) is 6.41. The lowest BCUT2D eigenvalue weighted by Gasteiger charge is -2.15. The number of nitrogens with zero attached hydrogens (tertiary/aromatic N) is 2. The minimum atomic E-state index is 0.172. The zero-order chi connectivity index (χ0) is 15.5. The Bertz CT molecular complexity index is 774. The molecule has 0 bridgehead atoms. The summed E-state index contributed by atoms with van der Waals surface area (Å²) < 4.78 is 10.7. The summed E-state index contributed by atoms with van der Waals surface area (Å²) in [5.74, 6) is 2.11. The first-order valence-corrected chi connectivity index (χ1v) is 7.77. The van der Waals surface area contributed by atoms with E-state index in [4.69, 9.17) is 9.47 Å². The molecule has 114 valence electrons. The molecule has 6 heteroatoms. The Labute approximate surface area is 132 Å². The molecule has 0 saturated heterocycles. The number of fused-ring (bicyclic) bond motifs is 1. The molecule has 1 atom stereocenters. The lowest BCUT2D eigenvalue weighted by molar-refractivity contribution is 0.356. The van der Waals surface area contributed by atoms with Gasteiger partial charge in [-0.3, -0.25) is 0 Å². The maximum Gasteiger partial charge on any atom is 0.162 e. The van der Waals surface area contributed by atoms with Crippen LogP contribution < -0.4 is 14.8 Å². The topological polar surface area (TPSA) is 56.3 Å². The van der Waals surface area contributed by atoms with Crippen LogP contribution in [-0.4, -0.2) is 24.2 Å². The van der Waals surface area contributed by atoms with Gasteiger partial charge in [0.25, 0.3) is 0 Å². The number of ether oxygens (including phenoxy) is 2. The Balaban J connectivity index is 2.02. The van der Waals surface area contributed by atoms with Gasteiger partial charge in [-0.15, -0.1) is 11.3 Å². The van der Waals surface area contributed by atoms with Crippen molar-refractivity contribution >= 4 is 28.1 Å². The number of rotatable bonds is 5. The fourth-order valence-electron chi connectivity index (χ4n) is 2.31. The van der Waals surface area contributed by atoms with E-state index in [0.717, 1.165) is 16.7 Å². The Kier molecular flexibility index (Phi) is 4.11. The number of benzene rings is 1. The van der Waals surface area contributed by atoms with Crippen LogP contribution in [0.15, 0.2) is 36.0 Å². The maximum atomic E-state index is 5.37. The van der Waals surface area contributed by atoms with Gasteiger partial charge in [0.05, 0.1) is 25.8 Å². The molecule has 0 aliphatic rings. The van der Waals surface area contributed by atoms with Crippen molar-refractivity contribution in [1.29, 1.82) is 0 Å². The third-order valence-corrected chi connectivity index (χ3v) is 4.52. The minimum absolute atomic E-state index is 0.172. The molecule has 1 N–H and O–H groups in total. The molecule has 0 aliphatic carbocycles. The number of hydrogen-bond donors (Lipinski definition) is 1. The lowest BCUT2D eigenvalue weighted by atomic mass is 10.2. The Morgan fingerprint density at radius 2 is 1.91 bits per heavy atom. The maximum absolute atomic E-state index is 5.37. The molecule has 3 aromatic rings. The second kappa shape index (κ2) is 6.19. The van der Waals surface area contributed by atoms with E-state index in [-0.39, 0.29) is 6.04 Å². The highest BCUT2D eigenvalue weighted by Gasteiger charge is 2.13. The molecule has 0 aliphatic heterocycles. The Morgan fingerprint density at radius 3 is 2.59 bits per heavy atom. The average Bonchev–Trinajstić information content (AvgIpc) is 3.08. The first-order valence-electron chi connectivity index (χ1n) is 6.89. The third kappa shape index (κ3) is 2.69. The number of hydrogen-bond acceptors (Lipinski definition) is 6. The van der Waals surface area contributed by atoms with Crippen molar-refractivity contribution in [2.24, 2.45) is 0 Å². The van der Waals surface area contributed by atoms with Gasteiger partial charge in [0.1, 0.15) is 12.1 Å². The highest BCUT2D eigenvalue weighted by molar-refractivity contribution is 7.10. The molecule has 0 amide bonds. The van der Waals surface area contributed by atoms with Crippen molar-refractivity contribution in [2.45, 2.75) is 13.0 Å². The summed E-state index contributed by atoms with van der Waals surface area (Å²) in [5.41, 5.74) is 0.813. The van der Waals surface area contributed by atoms with Crippen LogP contribution >= 0.6 is 11.3 Å². The van der Waals surface area contributed by atoms with Gasteiger partial charge in [0.15, 0.2) is 11.5 Å². The molecular weight excluding hydrogens is 298 g/mol. The molecule has 5 nitrogen and oxygen atoms in total. The quantitative estimate of drug-likeness (QED) is 0.774. The van der Waals surface area contributed by atoms with Crippen LogP contribution in [0.1, 0.15) is 17.8 Å². The predicted molar refractivity (Wildman–Crippen MR) is 89.0 cm³/mol. The molecule has 2 heterocycles. The van der Waals surface area contributed by atoms with Crippen molar-refractivity contribution in [1.82, 2.24) is 9.97 Å². The van der Waals surface area contributed by atoms with Crippen LogP contribution in [0.3, 0.4) is 0 Å². The second-order valence-electron chi connectivity index (χ2n) is 4.83.